The summed E-state index contributed by atoms with van der Waals surface area (Å²) < 4.78 is 0. The molecule has 82 valence electrons. The first-order valence-electron chi connectivity index (χ1n) is 5.41. The molecule has 0 atom stereocenters. The van der Waals surface area contributed by atoms with Gasteiger partial charge in [-0.25, -0.2) is 0 Å². The van der Waals surface area contributed by atoms with Crippen molar-refractivity contribution in [2.45, 2.75) is 13.8 Å². The van der Waals surface area contributed by atoms with E-state index in [2.05, 4.69) is 35.6 Å². The van der Waals surface area contributed by atoms with E-state index in [-0.39, 0.29) is 0 Å². The highest BCUT2D eigenvalue weighted by Crippen LogP contribution is 2.04. The van der Waals surface area contributed by atoms with Gasteiger partial charge in [-0.15, -0.1) is 0 Å². The smallest absolute Gasteiger partial charge is 0.171 e. The average molecular weight is 215 g/mol. The van der Waals surface area contributed by atoms with Crippen LogP contribution in [0, 0.1) is 0 Å². The van der Waals surface area contributed by atoms with Gasteiger partial charge >= 0.3 is 0 Å². The van der Waals surface area contributed by atoms with Crippen LogP contribution in [-0.4, -0.2) is 66.1 Å². The predicted molar refractivity (Wildman–Crippen MR) is 64.6 cm³/mol. The molecular formula is C10H21N3S. The number of hydrogen-bond acceptors (Lipinski definition) is 2. The van der Waals surface area contributed by atoms with Crippen LogP contribution >= 0.6 is 12.2 Å². The monoisotopic (exact) mass is 215 g/mol. The van der Waals surface area contributed by atoms with Gasteiger partial charge in [0.05, 0.1) is 0 Å². The van der Waals surface area contributed by atoms with E-state index in [1.807, 2.05) is 0 Å². The Kier molecular flexibility index (Phi) is 4.62. The molecule has 0 aliphatic carbocycles. The molecule has 0 aromatic heterocycles. The molecule has 1 aliphatic heterocycles. The SMILES string of the molecule is CCN(CC)C(=S)N1CCN(C)CC1. The Labute approximate surface area is 92.7 Å². The van der Waals surface area contributed by atoms with Gasteiger partial charge in [0.2, 0.25) is 0 Å². The first-order valence-corrected chi connectivity index (χ1v) is 5.82. The number of hydrogen-bond donors (Lipinski definition) is 0. The van der Waals surface area contributed by atoms with Crippen molar-refractivity contribution in [3.05, 3.63) is 0 Å². The molecule has 14 heavy (non-hydrogen) atoms. The van der Waals surface area contributed by atoms with Crippen molar-refractivity contribution in [2.24, 2.45) is 0 Å². The molecular weight excluding hydrogens is 194 g/mol. The minimum absolute atomic E-state index is 1.02. The molecule has 1 rings (SSSR count). The van der Waals surface area contributed by atoms with Crippen LogP contribution < -0.4 is 0 Å². The molecule has 0 saturated carbocycles. The fourth-order valence-electron chi connectivity index (χ4n) is 1.69. The van der Waals surface area contributed by atoms with Crippen LogP contribution in [0.3, 0.4) is 0 Å². The van der Waals surface area contributed by atoms with Crippen molar-refractivity contribution in [3.8, 4) is 0 Å². The topological polar surface area (TPSA) is 9.72 Å². The Morgan fingerprint density at radius 1 is 1.14 bits per heavy atom. The van der Waals surface area contributed by atoms with Gasteiger partial charge in [-0.05, 0) is 33.1 Å². The lowest BCUT2D eigenvalue weighted by Gasteiger charge is -2.37. The molecule has 1 saturated heterocycles. The van der Waals surface area contributed by atoms with Gasteiger partial charge in [0.25, 0.3) is 0 Å². The van der Waals surface area contributed by atoms with Gasteiger partial charge in [0.1, 0.15) is 0 Å². The normalized spacial score (nSPS) is 18.4. The maximum absolute atomic E-state index is 5.47. The highest BCUT2D eigenvalue weighted by atomic mass is 32.1. The minimum atomic E-state index is 1.02. The van der Waals surface area contributed by atoms with E-state index in [4.69, 9.17) is 12.2 Å². The van der Waals surface area contributed by atoms with E-state index in [9.17, 15) is 0 Å². The lowest BCUT2D eigenvalue weighted by molar-refractivity contribution is 0.202. The molecule has 0 spiro atoms. The van der Waals surface area contributed by atoms with Gasteiger partial charge < -0.3 is 14.7 Å². The lowest BCUT2D eigenvalue weighted by atomic mass is 10.3. The van der Waals surface area contributed by atoms with Crippen LogP contribution in [0.1, 0.15) is 13.8 Å². The Balaban J connectivity index is 2.44. The number of nitrogens with zero attached hydrogens (tertiary/aromatic N) is 3. The first-order chi connectivity index (χ1) is 6.69. The zero-order valence-electron chi connectivity index (χ0n) is 9.49. The quantitative estimate of drug-likeness (QED) is 0.632. The number of likely N-dealkylation sites (N-methyl/N-ethyl adjacent to an activating group) is 1. The van der Waals surface area contributed by atoms with Crippen LogP contribution in [0.2, 0.25) is 0 Å². The standard InChI is InChI=1S/C10H21N3S/c1-4-12(5-2)10(14)13-8-6-11(3)7-9-13/h4-9H2,1-3H3. The molecule has 1 heterocycles. The second-order valence-electron chi connectivity index (χ2n) is 3.75. The van der Waals surface area contributed by atoms with Crippen LogP contribution in [0.15, 0.2) is 0 Å². The minimum Gasteiger partial charge on any atom is -0.350 e. The number of rotatable bonds is 2. The van der Waals surface area contributed by atoms with Crippen molar-refractivity contribution in [2.75, 3.05) is 46.3 Å². The molecule has 0 aromatic rings. The van der Waals surface area contributed by atoms with E-state index in [1.165, 1.54) is 0 Å². The zero-order valence-corrected chi connectivity index (χ0v) is 10.3. The maximum Gasteiger partial charge on any atom is 0.171 e. The van der Waals surface area contributed by atoms with Crippen molar-refractivity contribution < 1.29 is 0 Å². The van der Waals surface area contributed by atoms with Crippen molar-refractivity contribution in [3.63, 3.8) is 0 Å². The zero-order chi connectivity index (χ0) is 10.6. The van der Waals surface area contributed by atoms with E-state index in [0.717, 1.165) is 44.4 Å². The second kappa shape index (κ2) is 5.51. The molecule has 3 nitrogen and oxygen atoms in total. The maximum atomic E-state index is 5.47. The Morgan fingerprint density at radius 3 is 2.07 bits per heavy atom. The van der Waals surface area contributed by atoms with Gasteiger partial charge in [-0.3, -0.25) is 0 Å². The summed E-state index contributed by atoms with van der Waals surface area (Å²) in [5.74, 6) is 0. The number of piperazine rings is 1. The molecule has 0 N–H and O–H groups in total. The molecule has 1 aliphatic rings. The number of thiocarbonyl (C=S) groups is 1. The molecule has 1 fully saturated rings. The summed E-state index contributed by atoms with van der Waals surface area (Å²) >= 11 is 5.47. The summed E-state index contributed by atoms with van der Waals surface area (Å²) in [5, 5.41) is 1.03. The van der Waals surface area contributed by atoms with Crippen LogP contribution in [0.5, 0.6) is 0 Å². The molecule has 4 heteroatoms. The highest BCUT2D eigenvalue weighted by molar-refractivity contribution is 7.80. The van der Waals surface area contributed by atoms with Gasteiger partial charge in [-0.1, -0.05) is 0 Å². The fraction of sp³-hybridized carbons (Fsp3) is 0.900. The van der Waals surface area contributed by atoms with E-state index in [1.54, 1.807) is 0 Å². The highest BCUT2D eigenvalue weighted by Gasteiger charge is 2.18. The third-order valence-electron chi connectivity index (χ3n) is 2.81. The summed E-state index contributed by atoms with van der Waals surface area (Å²) in [5.41, 5.74) is 0. The summed E-state index contributed by atoms with van der Waals surface area (Å²) in [6, 6.07) is 0. The van der Waals surface area contributed by atoms with Gasteiger partial charge in [0, 0.05) is 39.3 Å². The Hall–Kier alpha value is -0.350. The third kappa shape index (κ3) is 2.82. The Bertz CT molecular complexity index is 184. The Morgan fingerprint density at radius 2 is 1.64 bits per heavy atom. The average Bonchev–Trinajstić information content (AvgIpc) is 2.20. The van der Waals surface area contributed by atoms with E-state index >= 15 is 0 Å². The predicted octanol–water partition coefficient (Wildman–Crippen LogP) is 0.860. The van der Waals surface area contributed by atoms with Gasteiger partial charge in [-0.2, -0.15) is 0 Å². The van der Waals surface area contributed by atoms with Crippen LogP contribution in [0.25, 0.3) is 0 Å². The fourth-order valence-corrected chi connectivity index (χ4v) is 2.13. The first kappa shape index (κ1) is 11.7. The summed E-state index contributed by atoms with van der Waals surface area (Å²) in [4.78, 5) is 6.92. The van der Waals surface area contributed by atoms with E-state index < -0.39 is 0 Å². The summed E-state index contributed by atoms with van der Waals surface area (Å²) in [6.07, 6.45) is 0. The third-order valence-corrected chi connectivity index (χ3v) is 3.32. The lowest BCUT2D eigenvalue weighted by Crippen LogP contribution is -2.51. The molecule has 0 unspecified atom stereocenters. The summed E-state index contributed by atoms with van der Waals surface area (Å²) in [6.45, 7) is 10.8. The van der Waals surface area contributed by atoms with E-state index in [0.29, 0.717) is 0 Å². The molecule has 0 aromatic carbocycles. The molecule has 0 radical (unpaired) electrons. The molecule has 0 bridgehead atoms. The second-order valence-corrected chi connectivity index (χ2v) is 4.11. The van der Waals surface area contributed by atoms with Crippen molar-refractivity contribution in [1.82, 2.24) is 14.7 Å². The van der Waals surface area contributed by atoms with Crippen LogP contribution in [0.4, 0.5) is 0 Å². The van der Waals surface area contributed by atoms with Gasteiger partial charge in [0.15, 0.2) is 5.11 Å². The largest absolute Gasteiger partial charge is 0.350 e. The van der Waals surface area contributed by atoms with Crippen molar-refractivity contribution in [1.29, 1.82) is 0 Å². The molecule has 0 amide bonds. The van der Waals surface area contributed by atoms with Crippen molar-refractivity contribution >= 4 is 17.3 Å². The summed E-state index contributed by atoms with van der Waals surface area (Å²) in [7, 11) is 2.16. The van der Waals surface area contributed by atoms with Crippen LogP contribution in [-0.2, 0) is 0 Å².